The molecule has 0 atom stereocenters. The molecule has 2 N–H and O–H groups in total. The quantitative estimate of drug-likeness (QED) is 0.730. The predicted molar refractivity (Wildman–Crippen MR) is 82.8 cm³/mol. The summed E-state index contributed by atoms with van der Waals surface area (Å²) >= 11 is 0. The van der Waals surface area contributed by atoms with Gasteiger partial charge in [-0.15, -0.1) is 0 Å². The minimum absolute atomic E-state index is 0.0647. The highest BCUT2D eigenvalue weighted by molar-refractivity contribution is 7.89. The predicted octanol–water partition coefficient (Wildman–Crippen LogP) is 0.525. The van der Waals surface area contributed by atoms with Crippen LogP contribution in [0.4, 0.5) is 5.82 Å². The van der Waals surface area contributed by atoms with Crippen LogP contribution in [0.3, 0.4) is 0 Å². The molecule has 1 aromatic rings. The highest BCUT2D eigenvalue weighted by atomic mass is 32.2. The highest BCUT2D eigenvalue weighted by Crippen LogP contribution is 2.05. The third-order valence-corrected chi connectivity index (χ3v) is 4.62. The van der Waals surface area contributed by atoms with Gasteiger partial charge in [0.25, 0.3) is 5.91 Å². The van der Waals surface area contributed by atoms with Gasteiger partial charge in [-0.05, 0) is 18.6 Å². The van der Waals surface area contributed by atoms with Crippen LogP contribution in [0, 0.1) is 0 Å². The first-order valence-electron chi connectivity index (χ1n) is 6.75. The van der Waals surface area contributed by atoms with E-state index in [4.69, 9.17) is 0 Å². The van der Waals surface area contributed by atoms with Gasteiger partial charge in [-0.2, -0.15) is 0 Å². The molecular weight excluding hydrogens is 292 g/mol. The number of hydrogen-bond acceptors (Lipinski definition) is 5. The van der Waals surface area contributed by atoms with Crippen LogP contribution < -0.4 is 10.6 Å². The second-order valence-corrected chi connectivity index (χ2v) is 7.02. The molecule has 7 nitrogen and oxygen atoms in total. The Labute approximate surface area is 125 Å². The summed E-state index contributed by atoms with van der Waals surface area (Å²) < 4.78 is 24.2. The molecule has 0 saturated heterocycles. The summed E-state index contributed by atoms with van der Waals surface area (Å²) in [5.74, 6) is 0.247. The third kappa shape index (κ3) is 5.68. The molecule has 1 amide bonds. The van der Waals surface area contributed by atoms with Crippen LogP contribution in [-0.2, 0) is 10.0 Å². The fourth-order valence-corrected chi connectivity index (χ4v) is 2.19. The van der Waals surface area contributed by atoms with E-state index in [9.17, 15) is 13.2 Å². The molecule has 0 aliphatic carbocycles. The molecule has 0 saturated carbocycles. The zero-order valence-corrected chi connectivity index (χ0v) is 13.4. The van der Waals surface area contributed by atoms with Gasteiger partial charge < -0.3 is 10.6 Å². The van der Waals surface area contributed by atoms with Crippen molar-refractivity contribution in [2.45, 2.75) is 13.3 Å². The first-order valence-corrected chi connectivity index (χ1v) is 8.36. The summed E-state index contributed by atoms with van der Waals surface area (Å²) in [6, 6.07) is 3.38. The van der Waals surface area contributed by atoms with E-state index in [0.717, 1.165) is 17.3 Å². The lowest BCUT2D eigenvalue weighted by atomic mass is 10.2. The lowest BCUT2D eigenvalue weighted by Gasteiger charge is -2.11. The Morgan fingerprint density at radius 1 is 1.29 bits per heavy atom. The number of hydrogen-bond donors (Lipinski definition) is 2. The van der Waals surface area contributed by atoms with E-state index >= 15 is 0 Å². The van der Waals surface area contributed by atoms with Gasteiger partial charge in [0.2, 0.25) is 10.0 Å². The van der Waals surface area contributed by atoms with Crippen molar-refractivity contribution < 1.29 is 13.2 Å². The number of aromatic nitrogens is 1. The van der Waals surface area contributed by atoms with E-state index in [1.807, 2.05) is 0 Å². The van der Waals surface area contributed by atoms with E-state index in [2.05, 4.69) is 22.5 Å². The lowest BCUT2D eigenvalue weighted by Crippen LogP contribution is -2.33. The van der Waals surface area contributed by atoms with E-state index in [1.54, 1.807) is 12.1 Å². The molecular formula is C13H22N4O3S. The number of anilines is 1. The Kier molecular flexibility index (Phi) is 6.57. The van der Waals surface area contributed by atoms with Crippen molar-refractivity contribution >= 4 is 21.7 Å². The zero-order chi connectivity index (χ0) is 15.9. The van der Waals surface area contributed by atoms with Gasteiger partial charge in [-0.25, -0.2) is 17.7 Å². The van der Waals surface area contributed by atoms with E-state index in [0.29, 0.717) is 11.4 Å². The molecule has 1 aromatic heterocycles. The monoisotopic (exact) mass is 314 g/mol. The van der Waals surface area contributed by atoms with Crippen LogP contribution in [0.15, 0.2) is 18.3 Å². The van der Waals surface area contributed by atoms with Gasteiger partial charge in [0.15, 0.2) is 0 Å². The molecule has 0 aliphatic rings. The second kappa shape index (κ2) is 7.94. The van der Waals surface area contributed by atoms with Crippen LogP contribution in [0.1, 0.15) is 23.7 Å². The Morgan fingerprint density at radius 3 is 2.52 bits per heavy atom. The molecule has 0 unspecified atom stereocenters. The maximum Gasteiger partial charge on any atom is 0.252 e. The summed E-state index contributed by atoms with van der Waals surface area (Å²) in [6.07, 6.45) is 2.46. The maximum atomic E-state index is 11.8. The molecule has 0 spiro atoms. The summed E-state index contributed by atoms with van der Waals surface area (Å²) in [5.41, 5.74) is 0.402. The van der Waals surface area contributed by atoms with E-state index in [1.165, 1.54) is 20.3 Å². The van der Waals surface area contributed by atoms with Gasteiger partial charge in [-0.1, -0.05) is 6.92 Å². The van der Waals surface area contributed by atoms with Crippen LogP contribution in [0.25, 0.3) is 0 Å². The van der Waals surface area contributed by atoms with Crippen molar-refractivity contribution in [3.05, 3.63) is 23.9 Å². The Balaban J connectivity index is 2.49. The molecule has 21 heavy (non-hydrogen) atoms. The fraction of sp³-hybridized carbons (Fsp3) is 0.538. The summed E-state index contributed by atoms with van der Waals surface area (Å²) in [6.45, 7) is 2.94. The van der Waals surface area contributed by atoms with Gasteiger partial charge in [0, 0.05) is 33.4 Å². The molecule has 118 valence electrons. The van der Waals surface area contributed by atoms with Crippen molar-refractivity contribution in [2.24, 2.45) is 0 Å². The molecule has 8 heteroatoms. The molecule has 0 bridgehead atoms. The molecule has 1 rings (SSSR count). The smallest absolute Gasteiger partial charge is 0.252 e. The lowest BCUT2D eigenvalue weighted by molar-refractivity contribution is 0.0955. The van der Waals surface area contributed by atoms with E-state index in [-0.39, 0.29) is 18.2 Å². The number of sulfonamides is 1. The fourth-order valence-electron chi connectivity index (χ4n) is 1.46. The minimum Gasteiger partial charge on any atom is -0.370 e. The maximum absolute atomic E-state index is 11.8. The van der Waals surface area contributed by atoms with Crippen LogP contribution in [-0.4, -0.2) is 56.6 Å². The summed E-state index contributed by atoms with van der Waals surface area (Å²) in [5, 5.41) is 5.68. The molecule has 0 aliphatic heterocycles. The number of amides is 1. The molecule has 0 aromatic carbocycles. The van der Waals surface area contributed by atoms with Gasteiger partial charge in [0.1, 0.15) is 5.82 Å². The number of nitrogens with zero attached hydrogens (tertiary/aromatic N) is 2. The summed E-state index contributed by atoms with van der Waals surface area (Å²) in [7, 11) is -0.377. The van der Waals surface area contributed by atoms with Crippen LogP contribution in [0.5, 0.6) is 0 Å². The first-order chi connectivity index (χ1) is 9.86. The topological polar surface area (TPSA) is 91.4 Å². The van der Waals surface area contributed by atoms with Crippen molar-refractivity contribution in [1.82, 2.24) is 14.6 Å². The van der Waals surface area contributed by atoms with Gasteiger partial charge >= 0.3 is 0 Å². The molecule has 0 radical (unpaired) electrons. The normalized spacial score (nSPS) is 11.4. The van der Waals surface area contributed by atoms with Crippen LogP contribution in [0.2, 0.25) is 0 Å². The highest BCUT2D eigenvalue weighted by Gasteiger charge is 2.14. The standard InChI is InChI=1S/C13H22N4O3S/c1-4-7-14-12-6-5-11(10-16-12)13(18)15-8-9-21(19,20)17(2)3/h5-6,10H,4,7-9H2,1-3H3,(H,14,16)(H,15,18). The van der Waals surface area contributed by atoms with Crippen molar-refractivity contribution in [3.63, 3.8) is 0 Å². The van der Waals surface area contributed by atoms with Gasteiger partial charge in [0.05, 0.1) is 11.3 Å². The number of rotatable bonds is 8. The zero-order valence-electron chi connectivity index (χ0n) is 12.6. The Morgan fingerprint density at radius 2 is 2.00 bits per heavy atom. The number of carbonyl (C=O) groups excluding carboxylic acids is 1. The first kappa shape index (κ1) is 17.4. The number of carbonyl (C=O) groups is 1. The van der Waals surface area contributed by atoms with Gasteiger partial charge in [-0.3, -0.25) is 4.79 Å². The third-order valence-electron chi connectivity index (χ3n) is 2.78. The minimum atomic E-state index is -3.30. The van der Waals surface area contributed by atoms with Crippen molar-refractivity contribution in [2.75, 3.05) is 38.3 Å². The Bertz CT molecular complexity index is 555. The van der Waals surface area contributed by atoms with Crippen molar-refractivity contribution in [3.8, 4) is 0 Å². The largest absolute Gasteiger partial charge is 0.370 e. The number of pyridine rings is 1. The molecule has 0 fully saturated rings. The average molecular weight is 314 g/mol. The summed E-state index contributed by atoms with van der Waals surface area (Å²) in [4.78, 5) is 16.0. The molecule has 1 heterocycles. The second-order valence-electron chi connectivity index (χ2n) is 4.71. The Hall–Kier alpha value is -1.67. The van der Waals surface area contributed by atoms with Crippen LogP contribution >= 0.6 is 0 Å². The SMILES string of the molecule is CCCNc1ccc(C(=O)NCCS(=O)(=O)N(C)C)cn1. The number of nitrogens with one attached hydrogen (secondary N) is 2. The van der Waals surface area contributed by atoms with Crippen molar-refractivity contribution in [1.29, 1.82) is 0 Å². The van der Waals surface area contributed by atoms with E-state index < -0.39 is 10.0 Å². The average Bonchev–Trinajstić information content (AvgIpc) is 2.45.